The summed E-state index contributed by atoms with van der Waals surface area (Å²) in [6, 6.07) is 0. The fourth-order valence-corrected chi connectivity index (χ4v) is 1.94. The number of hydrogen-bond acceptors (Lipinski definition) is 2. The van der Waals surface area contributed by atoms with Crippen molar-refractivity contribution in [3.05, 3.63) is 17.2 Å². The molecule has 0 aromatic carbocycles. The normalized spacial score (nSPS) is 15.5. The molecule has 70 valence electrons. The summed E-state index contributed by atoms with van der Waals surface area (Å²) in [6.45, 7) is 3.00. The van der Waals surface area contributed by atoms with E-state index < -0.39 is 0 Å². The fraction of sp³-hybridized carbons (Fsp3) is 0.556. The van der Waals surface area contributed by atoms with Gasteiger partial charge in [0.15, 0.2) is 0 Å². The van der Waals surface area contributed by atoms with Crippen LogP contribution in [0.25, 0.3) is 0 Å². The van der Waals surface area contributed by atoms with Gasteiger partial charge in [-0.3, -0.25) is 5.41 Å². The molecule has 0 radical (unpaired) electrons. The zero-order valence-corrected chi connectivity index (χ0v) is 7.80. The van der Waals surface area contributed by atoms with Gasteiger partial charge < -0.3 is 10.3 Å². The van der Waals surface area contributed by atoms with Gasteiger partial charge in [0.05, 0.1) is 0 Å². The van der Waals surface area contributed by atoms with Crippen molar-refractivity contribution < 1.29 is 0 Å². The summed E-state index contributed by atoms with van der Waals surface area (Å²) < 4.78 is 2.18. The second kappa shape index (κ2) is 2.87. The Kier molecular flexibility index (Phi) is 1.83. The Morgan fingerprint density at radius 2 is 2.31 bits per heavy atom. The predicted octanol–water partition coefficient (Wildman–Crippen LogP) is 0.812. The highest BCUT2D eigenvalue weighted by Gasteiger charge is 2.18. The zero-order chi connectivity index (χ0) is 9.42. The summed E-state index contributed by atoms with van der Waals surface area (Å²) in [5.74, 6) is 1.08. The molecule has 1 aliphatic heterocycles. The van der Waals surface area contributed by atoms with Gasteiger partial charge in [-0.15, -0.1) is 0 Å². The molecular weight excluding hydrogens is 164 g/mol. The van der Waals surface area contributed by atoms with Gasteiger partial charge in [-0.2, -0.15) is 0 Å². The first kappa shape index (κ1) is 8.29. The van der Waals surface area contributed by atoms with Crippen molar-refractivity contribution in [3.63, 3.8) is 0 Å². The van der Waals surface area contributed by atoms with Gasteiger partial charge in [0.25, 0.3) is 0 Å². The number of nitrogens with two attached hydrogens (primary N) is 1. The predicted molar refractivity (Wildman–Crippen MR) is 50.9 cm³/mol. The number of amidine groups is 1. The average molecular weight is 178 g/mol. The third-order valence-electron chi connectivity index (χ3n) is 2.56. The Bertz CT molecular complexity index is 351. The van der Waals surface area contributed by atoms with E-state index in [-0.39, 0.29) is 5.84 Å². The maximum Gasteiger partial charge on any atom is 0.143 e. The van der Waals surface area contributed by atoms with E-state index in [1.54, 1.807) is 0 Å². The lowest BCUT2D eigenvalue weighted by atomic mass is 10.1. The van der Waals surface area contributed by atoms with Gasteiger partial charge >= 0.3 is 0 Å². The lowest BCUT2D eigenvalue weighted by Gasteiger charge is -2.15. The van der Waals surface area contributed by atoms with Crippen LogP contribution in [0.2, 0.25) is 0 Å². The van der Waals surface area contributed by atoms with Crippen molar-refractivity contribution in [2.75, 3.05) is 0 Å². The Morgan fingerprint density at radius 3 is 3.00 bits per heavy atom. The van der Waals surface area contributed by atoms with E-state index in [1.165, 1.54) is 12.8 Å². The number of nitrogen functional groups attached to an aromatic ring is 1. The molecule has 0 atom stereocenters. The first-order valence-electron chi connectivity index (χ1n) is 4.60. The molecule has 3 N–H and O–H groups in total. The number of imidazole rings is 1. The molecule has 0 fully saturated rings. The Labute approximate surface area is 77.3 Å². The van der Waals surface area contributed by atoms with Crippen molar-refractivity contribution >= 4 is 5.84 Å². The maximum atomic E-state index is 7.39. The SMILES string of the molecule is Cc1nc(C(=N)N)c2n1CCCC2. The van der Waals surface area contributed by atoms with Crippen molar-refractivity contribution in [2.45, 2.75) is 32.7 Å². The first-order chi connectivity index (χ1) is 6.20. The third-order valence-corrected chi connectivity index (χ3v) is 2.56. The quantitative estimate of drug-likeness (QED) is 0.493. The third kappa shape index (κ3) is 1.22. The molecule has 13 heavy (non-hydrogen) atoms. The van der Waals surface area contributed by atoms with Crippen LogP contribution in [0.5, 0.6) is 0 Å². The zero-order valence-electron chi connectivity index (χ0n) is 7.80. The second-order valence-electron chi connectivity index (χ2n) is 3.48. The molecule has 1 aromatic heterocycles. The summed E-state index contributed by atoms with van der Waals surface area (Å²) in [6.07, 6.45) is 3.41. The van der Waals surface area contributed by atoms with E-state index >= 15 is 0 Å². The van der Waals surface area contributed by atoms with E-state index in [2.05, 4.69) is 9.55 Å². The number of aryl methyl sites for hydroxylation is 1. The maximum absolute atomic E-state index is 7.39. The highest BCUT2D eigenvalue weighted by Crippen LogP contribution is 2.19. The molecule has 4 nitrogen and oxygen atoms in total. The number of fused-ring (bicyclic) bond motifs is 1. The van der Waals surface area contributed by atoms with Crippen molar-refractivity contribution in [1.29, 1.82) is 5.41 Å². The van der Waals surface area contributed by atoms with E-state index in [4.69, 9.17) is 11.1 Å². The van der Waals surface area contributed by atoms with Crippen LogP contribution >= 0.6 is 0 Å². The van der Waals surface area contributed by atoms with Crippen molar-refractivity contribution in [1.82, 2.24) is 9.55 Å². The van der Waals surface area contributed by atoms with Crippen LogP contribution < -0.4 is 5.73 Å². The van der Waals surface area contributed by atoms with E-state index in [1.807, 2.05) is 6.92 Å². The number of nitrogens with zero attached hydrogens (tertiary/aromatic N) is 2. The fourth-order valence-electron chi connectivity index (χ4n) is 1.94. The van der Waals surface area contributed by atoms with Crippen LogP contribution in [0.3, 0.4) is 0 Å². The molecule has 0 saturated heterocycles. The van der Waals surface area contributed by atoms with Gasteiger partial charge in [-0.25, -0.2) is 4.98 Å². The van der Waals surface area contributed by atoms with Crippen LogP contribution in [-0.2, 0) is 13.0 Å². The van der Waals surface area contributed by atoms with Crippen LogP contribution in [0.1, 0.15) is 30.1 Å². The second-order valence-corrected chi connectivity index (χ2v) is 3.48. The highest BCUT2D eigenvalue weighted by molar-refractivity contribution is 5.94. The lowest BCUT2D eigenvalue weighted by molar-refractivity contribution is 0.522. The smallest absolute Gasteiger partial charge is 0.143 e. The molecule has 0 amide bonds. The van der Waals surface area contributed by atoms with Crippen LogP contribution in [0, 0.1) is 12.3 Å². The Balaban J connectivity index is 2.53. The number of aromatic nitrogens is 2. The lowest BCUT2D eigenvalue weighted by Crippen LogP contribution is -2.17. The molecule has 2 heterocycles. The summed E-state index contributed by atoms with van der Waals surface area (Å²) >= 11 is 0. The summed E-state index contributed by atoms with van der Waals surface area (Å²) in [4.78, 5) is 4.31. The minimum atomic E-state index is 0.0961. The van der Waals surface area contributed by atoms with Crippen molar-refractivity contribution in [2.24, 2.45) is 5.73 Å². The summed E-state index contributed by atoms with van der Waals surface area (Å²) in [5, 5.41) is 7.39. The van der Waals surface area contributed by atoms with Crippen molar-refractivity contribution in [3.8, 4) is 0 Å². The minimum absolute atomic E-state index is 0.0961. The molecule has 1 aromatic rings. The largest absolute Gasteiger partial charge is 0.382 e. The Hall–Kier alpha value is -1.32. The van der Waals surface area contributed by atoms with E-state index in [0.29, 0.717) is 5.69 Å². The van der Waals surface area contributed by atoms with Crippen LogP contribution in [0.15, 0.2) is 0 Å². The molecule has 0 spiro atoms. The molecule has 4 heteroatoms. The van der Waals surface area contributed by atoms with Gasteiger partial charge in [0.1, 0.15) is 17.4 Å². The van der Waals surface area contributed by atoms with Crippen LogP contribution in [-0.4, -0.2) is 15.4 Å². The standard InChI is InChI=1S/C9H14N4/c1-6-12-8(9(10)11)7-4-2-3-5-13(6)7/h2-5H2,1H3,(H3,10,11). The minimum Gasteiger partial charge on any atom is -0.382 e. The Morgan fingerprint density at radius 1 is 1.54 bits per heavy atom. The molecule has 0 saturated carbocycles. The first-order valence-corrected chi connectivity index (χ1v) is 4.60. The number of rotatable bonds is 1. The van der Waals surface area contributed by atoms with Gasteiger partial charge in [0, 0.05) is 12.2 Å². The molecule has 0 unspecified atom stereocenters. The molecule has 1 aliphatic rings. The molecule has 2 rings (SSSR count). The van der Waals surface area contributed by atoms with Gasteiger partial charge in [-0.05, 0) is 26.2 Å². The molecular formula is C9H14N4. The monoisotopic (exact) mass is 178 g/mol. The summed E-state index contributed by atoms with van der Waals surface area (Å²) in [5.41, 5.74) is 7.30. The van der Waals surface area contributed by atoms with Crippen LogP contribution in [0.4, 0.5) is 0 Å². The topological polar surface area (TPSA) is 67.7 Å². The average Bonchev–Trinajstić information content (AvgIpc) is 2.45. The molecule has 0 aliphatic carbocycles. The molecule has 0 bridgehead atoms. The number of hydrogen-bond donors (Lipinski definition) is 2. The highest BCUT2D eigenvalue weighted by atomic mass is 15.1. The summed E-state index contributed by atoms with van der Waals surface area (Å²) in [7, 11) is 0. The van der Waals surface area contributed by atoms with Gasteiger partial charge in [-0.1, -0.05) is 0 Å². The number of nitrogens with one attached hydrogen (secondary N) is 1. The van der Waals surface area contributed by atoms with Gasteiger partial charge in [0.2, 0.25) is 0 Å². The van der Waals surface area contributed by atoms with E-state index in [0.717, 1.165) is 24.5 Å². The van der Waals surface area contributed by atoms with E-state index in [9.17, 15) is 0 Å².